The van der Waals surface area contributed by atoms with E-state index in [2.05, 4.69) is 104 Å². The summed E-state index contributed by atoms with van der Waals surface area (Å²) in [6, 6.07) is 33.1. The third kappa shape index (κ3) is 2.60. The Morgan fingerprint density at radius 1 is 0.704 bits per heavy atom. The molecule has 1 heteroatoms. The van der Waals surface area contributed by atoms with Crippen molar-refractivity contribution >= 4 is 25.7 Å². The quantitative estimate of drug-likeness (QED) is 0.459. The first-order valence-corrected chi connectivity index (χ1v) is 10.5. The van der Waals surface area contributed by atoms with Crippen molar-refractivity contribution in [1.29, 1.82) is 0 Å². The Labute approximate surface area is 174 Å². The third-order valence-electron chi connectivity index (χ3n) is 5.74. The second-order valence-electron chi connectivity index (χ2n) is 7.38. The number of rotatable bonds is 2. The van der Waals surface area contributed by atoms with Crippen LogP contribution in [-0.4, -0.2) is 0 Å². The molecule has 0 fully saturated rings. The average molecular weight is 423 g/mol. The first kappa shape index (κ1) is 16.9. The molecule has 1 aliphatic rings. The molecule has 27 heavy (non-hydrogen) atoms. The van der Waals surface area contributed by atoms with E-state index in [9.17, 15) is 0 Å². The molecule has 5 rings (SSSR count). The number of hydrogen-bond acceptors (Lipinski definition) is 0. The molecule has 0 N–H and O–H groups in total. The van der Waals surface area contributed by atoms with Crippen LogP contribution in [0.3, 0.4) is 0 Å². The van der Waals surface area contributed by atoms with E-state index >= 15 is 0 Å². The fourth-order valence-electron chi connectivity index (χ4n) is 4.53. The summed E-state index contributed by atoms with van der Waals surface area (Å²) in [7, 11) is 0. The first-order valence-electron chi connectivity index (χ1n) is 9.30. The van der Waals surface area contributed by atoms with Gasteiger partial charge >= 0.3 is 175 Å². The monoisotopic (exact) mass is 421 g/mol. The Bertz CT molecular complexity index is 1290. The van der Waals surface area contributed by atoms with Crippen LogP contribution in [0.15, 0.2) is 91.0 Å². The van der Waals surface area contributed by atoms with Gasteiger partial charge in [-0.2, -0.15) is 0 Å². The van der Waals surface area contributed by atoms with Crippen molar-refractivity contribution in [3.8, 4) is 0 Å². The molecular formula is C26H19Zr. The van der Waals surface area contributed by atoms with Gasteiger partial charge in [-0.3, -0.25) is 0 Å². The van der Waals surface area contributed by atoms with Gasteiger partial charge in [0.1, 0.15) is 0 Å². The zero-order valence-electron chi connectivity index (χ0n) is 15.2. The van der Waals surface area contributed by atoms with E-state index < -0.39 is 0 Å². The molecule has 1 aliphatic carbocycles. The normalized spacial score (nSPS) is 18.3. The minimum atomic E-state index is -0.156. The molecular weight excluding hydrogens is 404 g/mol. The topological polar surface area (TPSA) is 0 Å². The van der Waals surface area contributed by atoms with Gasteiger partial charge < -0.3 is 0 Å². The predicted octanol–water partition coefficient (Wildman–Crippen LogP) is 3.96. The van der Waals surface area contributed by atoms with E-state index in [0.29, 0.717) is 0 Å². The van der Waals surface area contributed by atoms with Crippen molar-refractivity contribution < 1.29 is 24.7 Å². The molecule has 0 bridgehead atoms. The van der Waals surface area contributed by atoms with Crippen molar-refractivity contribution in [2.24, 2.45) is 0 Å². The van der Waals surface area contributed by atoms with Crippen molar-refractivity contribution in [2.45, 2.75) is 12.3 Å². The summed E-state index contributed by atoms with van der Waals surface area (Å²) in [5.74, 6) is 0. The summed E-state index contributed by atoms with van der Waals surface area (Å²) >= 11 is 1.46. The molecule has 0 amide bonds. The van der Waals surface area contributed by atoms with Crippen molar-refractivity contribution in [1.82, 2.24) is 0 Å². The van der Waals surface area contributed by atoms with E-state index in [-0.39, 0.29) is 5.41 Å². The molecule has 127 valence electrons. The van der Waals surface area contributed by atoms with Crippen molar-refractivity contribution in [2.75, 3.05) is 0 Å². The Morgan fingerprint density at radius 2 is 1.41 bits per heavy atom. The molecule has 0 aliphatic heterocycles. The number of fused-ring (bicyclic) bond motifs is 2. The van der Waals surface area contributed by atoms with Crippen LogP contribution in [0, 0.1) is 0 Å². The van der Waals surface area contributed by atoms with Crippen LogP contribution in [0.25, 0.3) is 22.4 Å². The second-order valence-corrected chi connectivity index (χ2v) is 8.71. The average Bonchev–Trinajstić information content (AvgIpc) is 3.01. The van der Waals surface area contributed by atoms with Crippen LogP contribution in [0.5, 0.6) is 0 Å². The van der Waals surface area contributed by atoms with Gasteiger partial charge in [0, 0.05) is 0 Å². The van der Waals surface area contributed by atoms with Gasteiger partial charge in [0.25, 0.3) is 0 Å². The van der Waals surface area contributed by atoms with E-state index in [1.54, 1.807) is 0 Å². The van der Waals surface area contributed by atoms with Crippen LogP contribution < -0.4 is 13.7 Å². The van der Waals surface area contributed by atoms with Crippen LogP contribution in [0.2, 0.25) is 0 Å². The standard InChI is InChI=1S/C26H19.Zr/c1-26(24-17-9-14-19-10-5-7-15-22(19)24)18-21-13-6-8-16-23(21)25(26)20-11-3-2-4-12-20;/h2-11,13-18H,1H3;. The molecule has 0 saturated heterocycles. The maximum atomic E-state index is 2.46. The third-order valence-corrected chi connectivity index (χ3v) is 6.81. The Morgan fingerprint density at radius 3 is 2.30 bits per heavy atom. The van der Waals surface area contributed by atoms with Crippen molar-refractivity contribution in [3.05, 3.63) is 113 Å². The Hall–Kier alpha value is -2.24. The number of hydrogen-bond donors (Lipinski definition) is 0. The molecule has 0 aromatic heterocycles. The zero-order chi connectivity index (χ0) is 18.4. The van der Waals surface area contributed by atoms with Crippen LogP contribution in [0.1, 0.15) is 18.1 Å². The molecule has 0 saturated carbocycles. The van der Waals surface area contributed by atoms with E-state index in [1.165, 1.54) is 65.9 Å². The molecule has 1 atom stereocenters. The molecule has 0 nitrogen and oxygen atoms in total. The fourth-order valence-corrected chi connectivity index (χ4v) is 5.28. The maximum absolute atomic E-state index is 2.46. The molecule has 0 spiro atoms. The van der Waals surface area contributed by atoms with Gasteiger partial charge in [0.2, 0.25) is 0 Å². The van der Waals surface area contributed by atoms with Gasteiger partial charge in [-0.25, -0.2) is 0 Å². The molecule has 4 aromatic rings. The van der Waals surface area contributed by atoms with E-state index in [1.807, 2.05) is 0 Å². The van der Waals surface area contributed by atoms with Gasteiger partial charge in [-0.05, 0) is 0 Å². The van der Waals surface area contributed by atoms with Crippen molar-refractivity contribution in [3.63, 3.8) is 0 Å². The van der Waals surface area contributed by atoms with Gasteiger partial charge in [-0.15, -0.1) is 0 Å². The summed E-state index contributed by atoms with van der Waals surface area (Å²) in [5.41, 5.74) is 4.04. The summed E-state index contributed by atoms with van der Waals surface area (Å²) < 4.78 is 1.41. The molecule has 0 heterocycles. The molecule has 0 radical (unpaired) electrons. The summed E-state index contributed by atoms with van der Waals surface area (Å²) in [6.45, 7) is 2.38. The Balaban J connectivity index is 1.91. The van der Waals surface area contributed by atoms with Crippen LogP contribution in [-0.2, 0) is 30.1 Å². The first-order chi connectivity index (χ1) is 13.2. The predicted molar refractivity (Wildman–Crippen MR) is 110 cm³/mol. The second kappa shape index (κ2) is 6.43. The fraction of sp³-hybridized carbons (Fsp3) is 0.0769. The van der Waals surface area contributed by atoms with E-state index in [4.69, 9.17) is 0 Å². The van der Waals surface area contributed by atoms with Gasteiger partial charge in [0.15, 0.2) is 0 Å². The molecule has 1 unspecified atom stereocenters. The van der Waals surface area contributed by atoms with Gasteiger partial charge in [0.05, 0.1) is 0 Å². The van der Waals surface area contributed by atoms with Crippen LogP contribution in [0.4, 0.5) is 0 Å². The van der Waals surface area contributed by atoms with E-state index in [0.717, 1.165) is 0 Å². The number of benzene rings is 4. The Kier molecular flexibility index (Phi) is 4.02. The summed E-state index contributed by atoms with van der Waals surface area (Å²) in [4.78, 5) is 0. The SMILES string of the molecule is CC1(c2cccc3ccccc23)C=c2ccccc2=C1c1cccc[c]1[Zr]. The minimum absolute atomic E-state index is 0.156. The molecule has 4 aromatic carbocycles. The zero-order valence-corrected chi connectivity index (χ0v) is 17.7. The summed E-state index contributed by atoms with van der Waals surface area (Å²) in [5, 5.41) is 5.34. The van der Waals surface area contributed by atoms with Gasteiger partial charge in [-0.1, -0.05) is 0 Å². The van der Waals surface area contributed by atoms with Crippen LogP contribution >= 0.6 is 0 Å². The summed E-state index contributed by atoms with van der Waals surface area (Å²) in [6.07, 6.45) is 2.46.